The van der Waals surface area contributed by atoms with Gasteiger partial charge in [0.05, 0.1) is 6.61 Å². The molecule has 0 unspecified atom stereocenters. The van der Waals surface area contributed by atoms with Crippen molar-refractivity contribution in [3.8, 4) is 0 Å². The zero-order chi connectivity index (χ0) is 14.8. The Morgan fingerprint density at radius 3 is 2.10 bits per heavy atom. The molecule has 3 rings (SSSR count). The highest BCUT2D eigenvalue weighted by Crippen LogP contribution is 2.33. The summed E-state index contributed by atoms with van der Waals surface area (Å²) in [5.41, 5.74) is 0.613. The van der Waals surface area contributed by atoms with E-state index in [-0.39, 0.29) is 6.61 Å². The maximum Gasteiger partial charge on any atom is 0.339 e. The molecule has 0 aliphatic carbocycles. The number of rotatable bonds is 3. The van der Waals surface area contributed by atoms with Gasteiger partial charge in [-0.3, -0.25) is 0 Å². The zero-order valence-corrected chi connectivity index (χ0v) is 11.7. The fourth-order valence-electron chi connectivity index (χ4n) is 2.68. The zero-order valence-electron chi connectivity index (χ0n) is 11.7. The van der Waals surface area contributed by atoms with E-state index < -0.39 is 12.1 Å². The molecule has 3 nitrogen and oxygen atoms in total. The molecule has 0 amide bonds. The van der Waals surface area contributed by atoms with Gasteiger partial charge in [0.15, 0.2) is 6.10 Å². The Kier molecular flexibility index (Phi) is 3.59. The predicted octanol–water partition coefficient (Wildman–Crippen LogP) is 3.59. The van der Waals surface area contributed by atoms with Crippen LogP contribution < -0.4 is 0 Å². The second-order valence-electron chi connectivity index (χ2n) is 4.89. The van der Waals surface area contributed by atoms with Crippen molar-refractivity contribution in [2.24, 2.45) is 0 Å². The van der Waals surface area contributed by atoms with Crippen LogP contribution in [0.5, 0.6) is 0 Å². The maximum absolute atomic E-state index is 12.0. The molecule has 0 radical (unpaired) electrons. The van der Waals surface area contributed by atoms with E-state index in [1.165, 1.54) is 0 Å². The number of hydrogen-bond donors (Lipinski definition) is 1. The van der Waals surface area contributed by atoms with Crippen molar-refractivity contribution in [1.29, 1.82) is 0 Å². The molecule has 0 aromatic heterocycles. The van der Waals surface area contributed by atoms with Crippen molar-refractivity contribution in [2.75, 3.05) is 6.61 Å². The minimum absolute atomic E-state index is 0.249. The van der Waals surface area contributed by atoms with Gasteiger partial charge in [-0.25, -0.2) is 4.79 Å². The Balaban J connectivity index is 2.32. The average molecular weight is 280 g/mol. The fraction of sp³-hybridized carbons (Fsp3) is 0.167. The smallest absolute Gasteiger partial charge is 0.339 e. The van der Waals surface area contributed by atoms with Gasteiger partial charge in [0.1, 0.15) is 0 Å². The number of aliphatic hydroxyl groups excluding tert-OH is 1. The Morgan fingerprint density at radius 2 is 1.57 bits per heavy atom. The van der Waals surface area contributed by atoms with Crippen LogP contribution in [0.2, 0.25) is 0 Å². The Labute approximate surface area is 122 Å². The number of carbonyl (C=O) groups is 1. The van der Waals surface area contributed by atoms with E-state index >= 15 is 0 Å². The number of esters is 1. The molecule has 1 N–H and O–H groups in total. The molecular formula is C18H16O3. The molecule has 0 fully saturated rings. The summed E-state index contributed by atoms with van der Waals surface area (Å²) in [6.45, 7) is 1.98. The molecule has 3 aromatic rings. The first-order valence-corrected chi connectivity index (χ1v) is 6.97. The SMILES string of the molecule is CCOC(=O)[C@@H](O)c1c2ccccc2cc2ccccc12. The summed E-state index contributed by atoms with van der Waals surface area (Å²) in [6.07, 6.45) is -1.28. The minimum Gasteiger partial charge on any atom is -0.464 e. The van der Waals surface area contributed by atoms with E-state index in [0.29, 0.717) is 5.56 Å². The first-order valence-electron chi connectivity index (χ1n) is 6.97. The van der Waals surface area contributed by atoms with E-state index in [9.17, 15) is 9.90 Å². The number of hydrogen-bond acceptors (Lipinski definition) is 3. The number of fused-ring (bicyclic) bond motifs is 2. The standard InChI is InChI=1S/C18H16O3/c1-2-21-18(20)17(19)16-14-9-5-3-7-12(14)11-13-8-4-6-10-15(13)16/h3-11,17,19H,2H2,1H3/t17-/m0/s1. The number of aliphatic hydroxyl groups is 1. The summed E-state index contributed by atoms with van der Waals surface area (Å²) >= 11 is 0. The number of benzene rings is 3. The normalized spacial score (nSPS) is 12.5. The van der Waals surface area contributed by atoms with E-state index in [1.807, 2.05) is 48.5 Å². The second-order valence-corrected chi connectivity index (χ2v) is 4.89. The lowest BCUT2D eigenvalue weighted by atomic mass is 9.93. The molecule has 0 saturated carbocycles. The van der Waals surface area contributed by atoms with Crippen LogP contribution in [0.15, 0.2) is 54.6 Å². The summed E-state index contributed by atoms with van der Waals surface area (Å²) in [5.74, 6) is -0.612. The molecule has 3 heteroatoms. The number of ether oxygens (including phenoxy) is 1. The van der Waals surface area contributed by atoms with Gasteiger partial charge in [0.2, 0.25) is 0 Å². The predicted molar refractivity (Wildman–Crippen MR) is 83.0 cm³/mol. The lowest BCUT2D eigenvalue weighted by Gasteiger charge is -2.16. The quantitative estimate of drug-likeness (QED) is 0.589. The third-order valence-corrected chi connectivity index (χ3v) is 3.60. The summed E-state index contributed by atoms with van der Waals surface area (Å²) < 4.78 is 4.97. The fourth-order valence-corrected chi connectivity index (χ4v) is 2.68. The molecule has 3 aromatic carbocycles. The van der Waals surface area contributed by atoms with Gasteiger partial charge in [-0.15, -0.1) is 0 Å². The van der Waals surface area contributed by atoms with Gasteiger partial charge in [-0.1, -0.05) is 48.5 Å². The van der Waals surface area contributed by atoms with Crippen LogP contribution in [0.25, 0.3) is 21.5 Å². The average Bonchev–Trinajstić information content (AvgIpc) is 2.52. The van der Waals surface area contributed by atoms with E-state index in [0.717, 1.165) is 21.5 Å². The minimum atomic E-state index is -1.28. The van der Waals surface area contributed by atoms with Crippen LogP contribution in [0.4, 0.5) is 0 Å². The Bertz CT molecular complexity index is 754. The monoisotopic (exact) mass is 280 g/mol. The van der Waals surface area contributed by atoms with Crippen LogP contribution >= 0.6 is 0 Å². The lowest BCUT2D eigenvalue weighted by molar-refractivity contribution is -0.153. The molecule has 106 valence electrons. The molecule has 0 spiro atoms. The van der Waals surface area contributed by atoms with Crippen molar-refractivity contribution < 1.29 is 14.6 Å². The first kappa shape index (κ1) is 13.6. The van der Waals surface area contributed by atoms with Crippen LogP contribution in [0, 0.1) is 0 Å². The molecule has 0 aliphatic heterocycles. The second kappa shape index (κ2) is 5.54. The molecule has 0 bridgehead atoms. The van der Waals surface area contributed by atoms with Crippen LogP contribution in [0.1, 0.15) is 18.6 Å². The highest BCUT2D eigenvalue weighted by atomic mass is 16.5. The van der Waals surface area contributed by atoms with Crippen molar-refractivity contribution in [3.63, 3.8) is 0 Å². The van der Waals surface area contributed by atoms with Gasteiger partial charge in [0.25, 0.3) is 0 Å². The molecule has 0 saturated heterocycles. The van der Waals surface area contributed by atoms with Crippen LogP contribution in [-0.2, 0) is 9.53 Å². The van der Waals surface area contributed by atoms with Crippen LogP contribution in [-0.4, -0.2) is 17.7 Å². The van der Waals surface area contributed by atoms with E-state index in [1.54, 1.807) is 6.92 Å². The summed E-state index contributed by atoms with van der Waals surface area (Å²) in [5, 5.41) is 14.2. The largest absolute Gasteiger partial charge is 0.464 e. The topological polar surface area (TPSA) is 46.5 Å². The highest BCUT2D eigenvalue weighted by Gasteiger charge is 2.23. The third-order valence-electron chi connectivity index (χ3n) is 3.60. The Morgan fingerprint density at radius 1 is 1.05 bits per heavy atom. The summed E-state index contributed by atoms with van der Waals surface area (Å²) in [6, 6.07) is 17.5. The maximum atomic E-state index is 12.0. The molecular weight excluding hydrogens is 264 g/mol. The summed E-state index contributed by atoms with van der Waals surface area (Å²) in [7, 11) is 0. The van der Waals surface area contributed by atoms with Crippen molar-refractivity contribution in [2.45, 2.75) is 13.0 Å². The third kappa shape index (κ3) is 2.36. The highest BCUT2D eigenvalue weighted by molar-refractivity contribution is 6.04. The van der Waals surface area contributed by atoms with E-state index in [4.69, 9.17) is 4.74 Å². The molecule has 0 aliphatic rings. The van der Waals surface area contributed by atoms with Gasteiger partial charge >= 0.3 is 5.97 Å². The van der Waals surface area contributed by atoms with Gasteiger partial charge in [-0.2, -0.15) is 0 Å². The van der Waals surface area contributed by atoms with E-state index in [2.05, 4.69) is 6.07 Å². The summed E-state index contributed by atoms with van der Waals surface area (Å²) in [4.78, 5) is 12.0. The van der Waals surface area contributed by atoms with Crippen molar-refractivity contribution in [3.05, 3.63) is 60.2 Å². The van der Waals surface area contributed by atoms with Gasteiger partial charge in [-0.05, 0) is 34.5 Å². The number of carbonyl (C=O) groups excluding carboxylic acids is 1. The molecule has 21 heavy (non-hydrogen) atoms. The first-order chi connectivity index (χ1) is 10.2. The Hall–Kier alpha value is -2.39. The van der Waals surface area contributed by atoms with Crippen molar-refractivity contribution in [1.82, 2.24) is 0 Å². The molecule has 0 heterocycles. The van der Waals surface area contributed by atoms with Gasteiger partial charge in [0, 0.05) is 5.56 Å². The molecule has 1 atom stereocenters. The van der Waals surface area contributed by atoms with Crippen LogP contribution in [0.3, 0.4) is 0 Å². The van der Waals surface area contributed by atoms with Crippen molar-refractivity contribution >= 4 is 27.5 Å². The van der Waals surface area contributed by atoms with Gasteiger partial charge < -0.3 is 9.84 Å². The lowest BCUT2D eigenvalue weighted by Crippen LogP contribution is -2.16.